The van der Waals surface area contributed by atoms with Gasteiger partial charge in [0.1, 0.15) is 5.75 Å². The fraction of sp³-hybridized carbons (Fsp3) is 0.120. The second-order valence-electron chi connectivity index (χ2n) is 7.21. The number of halogens is 2. The van der Waals surface area contributed by atoms with Gasteiger partial charge in [0.2, 0.25) is 0 Å². The Balaban J connectivity index is 1.52. The molecule has 10 heteroatoms. The number of nitrogens with zero attached hydrogens (tertiary/aromatic N) is 4. The lowest BCUT2D eigenvalue weighted by molar-refractivity contribution is -0.118. The highest BCUT2D eigenvalue weighted by Gasteiger charge is 2.17. The number of carbonyl (C=O) groups excluding carboxylic acids is 1. The van der Waals surface area contributed by atoms with Crippen LogP contribution in [0.4, 0.5) is 0 Å². The highest BCUT2D eigenvalue weighted by molar-refractivity contribution is 7.99. The van der Waals surface area contributed by atoms with Crippen LogP contribution in [0.2, 0.25) is 10.0 Å². The molecule has 35 heavy (non-hydrogen) atoms. The quantitative estimate of drug-likeness (QED) is 0.167. The number of carbonyl (C=O) groups is 1. The third kappa shape index (κ3) is 6.63. The maximum atomic E-state index is 12.4. The maximum Gasteiger partial charge on any atom is 0.250 e. The minimum Gasteiger partial charge on any atom is -0.494 e. The summed E-state index contributed by atoms with van der Waals surface area (Å²) in [5.41, 5.74) is 4.99. The SMILES string of the molecule is CCOc1ccc(-n2c(SCC(=O)NN=Cc3cccc(Cl)c3)nnc2-c2ccc(Cl)cc2)cc1. The molecule has 0 aliphatic carbocycles. The molecule has 1 N–H and O–H groups in total. The molecule has 0 atom stereocenters. The van der Waals surface area contributed by atoms with Crippen molar-refractivity contribution in [3.05, 3.63) is 88.4 Å². The van der Waals surface area contributed by atoms with Crippen molar-refractivity contribution in [1.82, 2.24) is 20.2 Å². The third-order valence-electron chi connectivity index (χ3n) is 4.73. The van der Waals surface area contributed by atoms with Crippen LogP contribution < -0.4 is 10.2 Å². The first-order valence-corrected chi connectivity index (χ1v) is 12.4. The van der Waals surface area contributed by atoms with E-state index in [1.54, 1.807) is 24.3 Å². The molecule has 0 saturated carbocycles. The van der Waals surface area contributed by atoms with Gasteiger partial charge in [-0.05, 0) is 73.2 Å². The molecule has 0 radical (unpaired) electrons. The van der Waals surface area contributed by atoms with Crippen molar-refractivity contribution in [3.63, 3.8) is 0 Å². The number of rotatable bonds is 9. The van der Waals surface area contributed by atoms with Crippen molar-refractivity contribution in [1.29, 1.82) is 0 Å². The van der Waals surface area contributed by atoms with Crippen LogP contribution in [0.15, 0.2) is 83.1 Å². The van der Waals surface area contributed by atoms with Crippen LogP contribution in [-0.4, -0.2) is 39.2 Å². The summed E-state index contributed by atoms with van der Waals surface area (Å²) in [6.45, 7) is 2.52. The zero-order valence-electron chi connectivity index (χ0n) is 18.7. The average molecular weight is 526 g/mol. The molecule has 0 aliphatic rings. The monoisotopic (exact) mass is 525 g/mol. The molecule has 0 unspecified atom stereocenters. The highest BCUT2D eigenvalue weighted by atomic mass is 35.5. The van der Waals surface area contributed by atoms with E-state index in [0.29, 0.717) is 27.6 Å². The van der Waals surface area contributed by atoms with Crippen molar-refractivity contribution in [2.75, 3.05) is 12.4 Å². The first kappa shape index (κ1) is 24.8. The number of benzene rings is 3. The number of hydrogen-bond acceptors (Lipinski definition) is 6. The first-order valence-electron chi connectivity index (χ1n) is 10.7. The molecule has 0 saturated heterocycles. The summed E-state index contributed by atoms with van der Waals surface area (Å²) in [6, 6.07) is 22.1. The first-order chi connectivity index (χ1) is 17.0. The fourth-order valence-corrected chi connectivity index (χ4v) is 4.24. The second-order valence-corrected chi connectivity index (χ2v) is 9.03. The molecule has 3 aromatic carbocycles. The van der Waals surface area contributed by atoms with Gasteiger partial charge in [0, 0.05) is 21.3 Å². The smallest absolute Gasteiger partial charge is 0.250 e. The van der Waals surface area contributed by atoms with Crippen molar-refractivity contribution >= 4 is 47.1 Å². The molecule has 0 fully saturated rings. The summed E-state index contributed by atoms with van der Waals surface area (Å²) in [5, 5.41) is 14.5. The molecule has 4 rings (SSSR count). The van der Waals surface area contributed by atoms with E-state index < -0.39 is 0 Å². The minimum absolute atomic E-state index is 0.0999. The molecule has 7 nitrogen and oxygen atoms in total. The Hall–Kier alpha value is -3.33. The summed E-state index contributed by atoms with van der Waals surface area (Å²) in [6.07, 6.45) is 1.54. The van der Waals surface area contributed by atoms with Crippen LogP contribution in [-0.2, 0) is 4.79 Å². The second kappa shape index (κ2) is 11.9. The molecular formula is C25H21Cl2N5O2S. The minimum atomic E-state index is -0.275. The number of thioether (sulfide) groups is 1. The fourth-order valence-electron chi connectivity index (χ4n) is 3.17. The summed E-state index contributed by atoms with van der Waals surface area (Å²) in [5.74, 6) is 1.22. The Morgan fingerprint density at radius 1 is 1.06 bits per heavy atom. The maximum absolute atomic E-state index is 12.4. The lowest BCUT2D eigenvalue weighted by atomic mass is 10.2. The van der Waals surface area contributed by atoms with E-state index in [9.17, 15) is 4.79 Å². The van der Waals surface area contributed by atoms with Gasteiger partial charge in [-0.15, -0.1) is 10.2 Å². The van der Waals surface area contributed by atoms with Crippen molar-refractivity contribution in [2.24, 2.45) is 5.10 Å². The van der Waals surface area contributed by atoms with E-state index >= 15 is 0 Å². The van der Waals surface area contributed by atoms with Gasteiger partial charge in [-0.2, -0.15) is 5.10 Å². The van der Waals surface area contributed by atoms with Gasteiger partial charge in [0.05, 0.1) is 18.6 Å². The number of aromatic nitrogens is 3. The summed E-state index contributed by atoms with van der Waals surface area (Å²) < 4.78 is 7.45. The average Bonchev–Trinajstić information content (AvgIpc) is 3.28. The molecule has 1 heterocycles. The summed E-state index contributed by atoms with van der Waals surface area (Å²) in [4.78, 5) is 12.4. The Kier molecular flexibility index (Phi) is 8.41. The topological polar surface area (TPSA) is 81.4 Å². The number of amides is 1. The van der Waals surface area contributed by atoms with Gasteiger partial charge in [0.15, 0.2) is 11.0 Å². The van der Waals surface area contributed by atoms with Gasteiger partial charge >= 0.3 is 0 Å². The van der Waals surface area contributed by atoms with Gasteiger partial charge < -0.3 is 4.74 Å². The molecule has 4 aromatic rings. The van der Waals surface area contributed by atoms with E-state index in [1.807, 2.05) is 60.0 Å². The summed E-state index contributed by atoms with van der Waals surface area (Å²) in [7, 11) is 0. The number of hydrogen-bond donors (Lipinski definition) is 1. The molecular weight excluding hydrogens is 505 g/mol. The molecule has 0 aliphatic heterocycles. The van der Waals surface area contributed by atoms with Gasteiger partial charge in [-0.1, -0.05) is 47.1 Å². The zero-order valence-corrected chi connectivity index (χ0v) is 21.0. The van der Waals surface area contributed by atoms with E-state index in [4.69, 9.17) is 27.9 Å². The van der Waals surface area contributed by atoms with Gasteiger partial charge in [-0.25, -0.2) is 5.43 Å². The molecule has 0 bridgehead atoms. The van der Waals surface area contributed by atoms with Crippen molar-refractivity contribution in [2.45, 2.75) is 12.1 Å². The Morgan fingerprint density at radius 3 is 2.54 bits per heavy atom. The van der Waals surface area contributed by atoms with Crippen molar-refractivity contribution in [3.8, 4) is 22.8 Å². The van der Waals surface area contributed by atoms with Gasteiger partial charge in [-0.3, -0.25) is 9.36 Å². The largest absolute Gasteiger partial charge is 0.494 e. The van der Waals surface area contributed by atoms with Crippen LogP contribution >= 0.6 is 35.0 Å². The number of ether oxygens (including phenoxy) is 1. The predicted molar refractivity (Wildman–Crippen MR) is 141 cm³/mol. The van der Waals surface area contributed by atoms with E-state index in [1.165, 1.54) is 18.0 Å². The highest BCUT2D eigenvalue weighted by Crippen LogP contribution is 2.29. The van der Waals surface area contributed by atoms with Crippen LogP contribution in [0.5, 0.6) is 5.75 Å². The van der Waals surface area contributed by atoms with E-state index in [-0.39, 0.29) is 11.7 Å². The standard InChI is InChI=1S/C25H21Cl2N5O2S/c1-2-34-22-12-10-21(11-13-22)32-24(18-6-8-19(26)9-7-18)30-31-25(32)35-16-23(33)29-28-15-17-4-3-5-20(27)14-17/h3-15H,2,16H2,1H3,(H,29,33). The Morgan fingerprint density at radius 2 is 1.83 bits per heavy atom. The van der Waals surface area contributed by atoms with E-state index in [0.717, 1.165) is 22.6 Å². The third-order valence-corrected chi connectivity index (χ3v) is 6.14. The Labute approximate surface area is 217 Å². The van der Waals surface area contributed by atoms with Crippen LogP contribution in [0.25, 0.3) is 17.1 Å². The Bertz CT molecular complexity index is 1320. The van der Waals surface area contributed by atoms with Crippen LogP contribution in [0, 0.1) is 0 Å². The lowest BCUT2D eigenvalue weighted by Crippen LogP contribution is -2.20. The molecule has 0 spiro atoms. The van der Waals surface area contributed by atoms with Gasteiger partial charge in [0.25, 0.3) is 5.91 Å². The van der Waals surface area contributed by atoms with Crippen LogP contribution in [0.1, 0.15) is 12.5 Å². The van der Waals surface area contributed by atoms with E-state index in [2.05, 4.69) is 20.7 Å². The predicted octanol–water partition coefficient (Wildman–Crippen LogP) is 5.88. The molecule has 178 valence electrons. The van der Waals surface area contributed by atoms with Crippen molar-refractivity contribution < 1.29 is 9.53 Å². The zero-order chi connectivity index (χ0) is 24.6. The lowest BCUT2D eigenvalue weighted by Gasteiger charge is -2.11. The number of nitrogens with one attached hydrogen (secondary N) is 1. The molecule has 1 aromatic heterocycles. The van der Waals surface area contributed by atoms with Crippen LogP contribution in [0.3, 0.4) is 0 Å². The number of hydrazone groups is 1. The summed E-state index contributed by atoms with van der Waals surface area (Å²) >= 11 is 13.3. The molecule has 1 amide bonds. The normalized spacial score (nSPS) is 11.1.